The van der Waals surface area contributed by atoms with Crippen LogP contribution in [-0.2, 0) is 14.6 Å². The summed E-state index contributed by atoms with van der Waals surface area (Å²) in [6.07, 6.45) is -0.740. The number of ether oxygens (including phenoxy) is 1. The number of benzene rings is 1. The molecule has 0 radical (unpaired) electrons. The zero-order chi connectivity index (χ0) is 29.8. The Morgan fingerprint density at radius 1 is 1.22 bits per heavy atom. The molecule has 2 aliphatic carbocycles. The Balaban J connectivity index is 1.58. The average molecular weight is 621 g/mol. The van der Waals surface area contributed by atoms with Gasteiger partial charge in [0, 0.05) is 42.8 Å². The van der Waals surface area contributed by atoms with E-state index >= 15 is 0 Å². The fraction of sp³-hybridized carbons (Fsp3) is 0.556. The molecule has 0 unspecified atom stereocenters. The number of hydrogen-bond acceptors (Lipinski definition) is 7. The number of aromatic nitrogens is 1. The topological polar surface area (TPSA) is 96.8 Å². The van der Waals surface area contributed by atoms with Crippen molar-refractivity contribution in [1.29, 1.82) is 0 Å². The number of fused-ring (bicyclic) bond motifs is 1. The minimum Gasteiger partial charge on any atom is -0.490 e. The summed E-state index contributed by atoms with van der Waals surface area (Å²) in [6, 6.07) is 6.40. The molecule has 0 amide bonds. The smallest absolute Gasteiger partial charge is 0.313 e. The molecule has 1 N–H and O–H groups in total. The molecule has 2 aromatic rings. The van der Waals surface area contributed by atoms with Crippen LogP contribution in [0.4, 0.5) is 33.5 Å². The molecule has 2 heterocycles. The maximum Gasteiger partial charge on any atom is 0.313 e. The molecule has 0 spiro atoms. The highest BCUT2D eigenvalue weighted by atomic mass is 32.2. The number of pyridine rings is 1. The molecule has 14 heteroatoms. The first kappa shape index (κ1) is 29.9. The second kappa shape index (κ2) is 10.6. The molecule has 41 heavy (non-hydrogen) atoms. The minimum atomic E-state index is -4.13. The van der Waals surface area contributed by atoms with Crippen molar-refractivity contribution in [3.05, 3.63) is 36.1 Å². The highest BCUT2D eigenvalue weighted by molar-refractivity contribution is 8.00. The lowest BCUT2D eigenvalue weighted by molar-refractivity contribution is -0.144. The number of halogens is 5. The van der Waals surface area contributed by atoms with Gasteiger partial charge < -0.3 is 14.7 Å². The van der Waals surface area contributed by atoms with Gasteiger partial charge in [-0.25, -0.2) is 35.4 Å². The van der Waals surface area contributed by atoms with Crippen molar-refractivity contribution >= 4 is 39.1 Å². The number of alkyl halides is 4. The number of rotatable bonds is 10. The van der Waals surface area contributed by atoms with Crippen molar-refractivity contribution in [3.63, 3.8) is 0 Å². The van der Waals surface area contributed by atoms with E-state index in [2.05, 4.69) is 4.98 Å². The normalized spacial score (nSPS) is 22.8. The molecular weight excluding hydrogens is 591 g/mol. The number of sulfone groups is 1. The predicted octanol–water partition coefficient (Wildman–Crippen LogP) is 6.33. The zero-order valence-electron chi connectivity index (χ0n) is 22.1. The van der Waals surface area contributed by atoms with E-state index < -0.39 is 75.1 Å². The maximum atomic E-state index is 13.8. The van der Waals surface area contributed by atoms with Crippen molar-refractivity contribution < 1.29 is 45.0 Å². The third kappa shape index (κ3) is 6.73. The number of anilines is 2. The fourth-order valence-electron chi connectivity index (χ4n) is 4.97. The number of carbonyl (C=O) groups is 1. The molecule has 5 rings (SSSR count). The predicted molar refractivity (Wildman–Crippen MR) is 142 cm³/mol. The lowest BCUT2D eigenvalue weighted by Crippen LogP contribution is -2.37. The lowest BCUT2D eigenvalue weighted by atomic mass is 9.94. The number of carboxylic acids is 1. The van der Waals surface area contributed by atoms with Gasteiger partial charge in [-0.05, 0) is 56.4 Å². The molecule has 1 aromatic carbocycles. The highest BCUT2D eigenvalue weighted by Gasteiger charge is 2.52. The van der Waals surface area contributed by atoms with E-state index in [4.69, 9.17) is 4.74 Å². The van der Waals surface area contributed by atoms with Gasteiger partial charge in [0.05, 0.1) is 5.75 Å². The van der Waals surface area contributed by atoms with Crippen LogP contribution in [0.1, 0.15) is 45.4 Å². The lowest BCUT2D eigenvalue weighted by Gasteiger charge is -2.34. The molecule has 0 bridgehead atoms. The molecule has 1 aliphatic heterocycles. The van der Waals surface area contributed by atoms with Crippen LogP contribution in [0.3, 0.4) is 0 Å². The third-order valence-electron chi connectivity index (χ3n) is 7.66. The van der Waals surface area contributed by atoms with Crippen LogP contribution in [0.2, 0.25) is 0 Å². The van der Waals surface area contributed by atoms with E-state index in [1.807, 2.05) is 0 Å². The van der Waals surface area contributed by atoms with Gasteiger partial charge in [0.2, 0.25) is 11.8 Å². The Morgan fingerprint density at radius 3 is 2.44 bits per heavy atom. The van der Waals surface area contributed by atoms with Crippen LogP contribution in [0.25, 0.3) is 0 Å². The number of thioether (sulfide) groups is 1. The van der Waals surface area contributed by atoms with Gasteiger partial charge in [0.15, 0.2) is 21.4 Å². The van der Waals surface area contributed by atoms with Gasteiger partial charge in [-0.2, -0.15) is 0 Å². The van der Waals surface area contributed by atoms with Crippen molar-refractivity contribution in [3.8, 4) is 5.75 Å². The van der Waals surface area contributed by atoms with E-state index in [0.29, 0.717) is 18.5 Å². The summed E-state index contributed by atoms with van der Waals surface area (Å²) in [4.78, 5) is 17.5. The summed E-state index contributed by atoms with van der Waals surface area (Å²) in [5.41, 5.74) is -0.749. The van der Waals surface area contributed by atoms with Crippen LogP contribution in [-0.4, -0.2) is 60.5 Å². The molecule has 1 aromatic heterocycles. The number of aliphatic carboxylic acids is 1. The summed E-state index contributed by atoms with van der Waals surface area (Å²) < 4.78 is 102. The second-order valence-corrected chi connectivity index (χ2v) is 14.6. The van der Waals surface area contributed by atoms with Crippen molar-refractivity contribution in [1.82, 2.24) is 4.98 Å². The van der Waals surface area contributed by atoms with Gasteiger partial charge in [-0.1, -0.05) is 11.8 Å². The standard InChI is InChI=1S/C27H29F5N2O5S2/c1-25(29,30)7-6-16-13-34(18-4-2-17(28)3-5-18)22-21(41(37,38)14-16)10-20(39-15-26(8-9-26)24(35)36)23(33-22)40-19-11-27(31,32)12-19/h2-5,10,16,19H,6-9,11-15H2,1H3,(H,35,36)/t16-/m0/s1. The van der Waals surface area contributed by atoms with Gasteiger partial charge in [0.1, 0.15) is 27.8 Å². The van der Waals surface area contributed by atoms with Gasteiger partial charge in [-0.3, -0.25) is 4.79 Å². The van der Waals surface area contributed by atoms with E-state index in [1.54, 1.807) is 0 Å². The maximum absolute atomic E-state index is 13.8. The first-order valence-electron chi connectivity index (χ1n) is 13.2. The molecular formula is C27H29F5N2O5S2. The van der Waals surface area contributed by atoms with E-state index in [0.717, 1.165) is 18.7 Å². The minimum absolute atomic E-state index is 0.0190. The Labute approximate surface area is 238 Å². The molecule has 0 saturated heterocycles. The Kier molecular flexibility index (Phi) is 7.71. The average Bonchev–Trinajstić information content (AvgIpc) is 3.65. The van der Waals surface area contributed by atoms with E-state index in [-0.39, 0.29) is 41.1 Å². The number of carboxylic acid groups (broad SMARTS) is 1. The Hall–Kier alpha value is -2.61. The SMILES string of the molecule is CC(F)(F)CC[C@H]1CN(c2ccc(F)cc2)c2nc(SC3CC(F)(F)C3)c(OCC3(C(=O)O)CC3)cc2S(=O)(=O)C1. The molecule has 3 aliphatic rings. The van der Waals surface area contributed by atoms with Gasteiger partial charge in [0.25, 0.3) is 0 Å². The van der Waals surface area contributed by atoms with Crippen LogP contribution in [0.15, 0.2) is 40.3 Å². The zero-order valence-corrected chi connectivity index (χ0v) is 23.7. The summed E-state index contributed by atoms with van der Waals surface area (Å²) in [5.74, 6) is -8.74. The molecule has 224 valence electrons. The second-order valence-electron chi connectivity index (χ2n) is 11.3. The molecule has 1 atom stereocenters. The number of nitrogens with zero attached hydrogens (tertiary/aromatic N) is 2. The molecule has 2 fully saturated rings. The number of hydrogen-bond donors (Lipinski definition) is 1. The van der Waals surface area contributed by atoms with Crippen LogP contribution in [0.5, 0.6) is 5.75 Å². The summed E-state index contributed by atoms with van der Waals surface area (Å²) in [6.45, 7) is 0.481. The quantitative estimate of drug-likeness (QED) is 0.308. The van der Waals surface area contributed by atoms with Crippen LogP contribution < -0.4 is 9.64 Å². The van der Waals surface area contributed by atoms with Gasteiger partial charge in [-0.15, -0.1) is 0 Å². The summed E-state index contributed by atoms with van der Waals surface area (Å²) in [7, 11) is -4.13. The summed E-state index contributed by atoms with van der Waals surface area (Å²) in [5, 5.41) is 9.15. The van der Waals surface area contributed by atoms with Gasteiger partial charge >= 0.3 is 5.97 Å². The third-order valence-corrected chi connectivity index (χ3v) is 10.7. The Bertz CT molecular complexity index is 1420. The van der Waals surface area contributed by atoms with E-state index in [9.17, 15) is 40.3 Å². The molecule has 7 nitrogen and oxygen atoms in total. The fourth-order valence-corrected chi connectivity index (χ4v) is 8.11. The summed E-state index contributed by atoms with van der Waals surface area (Å²) >= 11 is 0.988. The monoisotopic (exact) mass is 620 g/mol. The largest absolute Gasteiger partial charge is 0.490 e. The van der Waals surface area contributed by atoms with Crippen molar-refractivity contribution in [2.45, 2.75) is 72.5 Å². The Morgan fingerprint density at radius 2 is 1.88 bits per heavy atom. The van der Waals surface area contributed by atoms with Crippen LogP contribution >= 0.6 is 11.8 Å². The van der Waals surface area contributed by atoms with Crippen molar-refractivity contribution in [2.75, 3.05) is 23.8 Å². The highest BCUT2D eigenvalue weighted by Crippen LogP contribution is 2.51. The first-order valence-corrected chi connectivity index (χ1v) is 15.7. The van der Waals surface area contributed by atoms with Crippen molar-refractivity contribution in [2.24, 2.45) is 11.3 Å². The molecule has 2 saturated carbocycles. The van der Waals surface area contributed by atoms with E-state index in [1.165, 1.54) is 35.2 Å². The van der Waals surface area contributed by atoms with Crippen LogP contribution in [0, 0.1) is 17.2 Å². The first-order chi connectivity index (χ1) is 19.1.